The predicted molar refractivity (Wildman–Crippen MR) is 156 cm³/mol. The number of hydrogen-bond donors (Lipinski definition) is 1. The van der Waals surface area contributed by atoms with E-state index in [4.69, 9.17) is 13.7 Å². The molecule has 0 aromatic heterocycles. The van der Waals surface area contributed by atoms with Crippen LogP contribution in [-0.2, 0) is 25.5 Å². The second-order valence-electron chi connectivity index (χ2n) is 10.7. The van der Waals surface area contributed by atoms with Crippen molar-refractivity contribution in [3.8, 4) is 11.5 Å². The summed E-state index contributed by atoms with van der Waals surface area (Å²) >= 11 is 0. The van der Waals surface area contributed by atoms with Crippen LogP contribution < -0.4 is 4.74 Å². The summed E-state index contributed by atoms with van der Waals surface area (Å²) in [6.45, 7) is 12.0. The van der Waals surface area contributed by atoms with E-state index >= 15 is 0 Å². The monoisotopic (exact) mass is 570 g/mol. The van der Waals surface area contributed by atoms with Crippen molar-refractivity contribution in [2.75, 3.05) is 13.2 Å². The fraction of sp³-hybridized carbons (Fsp3) is 0.469. The molecule has 0 spiro atoms. The van der Waals surface area contributed by atoms with E-state index in [1.54, 1.807) is 18.2 Å². The molecule has 0 aliphatic heterocycles. The molecule has 0 saturated carbocycles. The van der Waals surface area contributed by atoms with Crippen LogP contribution in [0.5, 0.6) is 11.5 Å². The second kappa shape index (κ2) is 14.5. The van der Waals surface area contributed by atoms with Gasteiger partial charge in [0.2, 0.25) is 0 Å². The van der Waals surface area contributed by atoms with Crippen LogP contribution in [0.1, 0.15) is 81.9 Å². The molecule has 0 fully saturated rings. The summed E-state index contributed by atoms with van der Waals surface area (Å²) in [4.78, 5) is 12.8. The zero-order valence-corrected chi connectivity index (χ0v) is 24.9. The number of ether oxygens (including phenoxy) is 2. The molecular formula is C32H42O7S. The van der Waals surface area contributed by atoms with Gasteiger partial charge in [0.1, 0.15) is 11.5 Å². The molecule has 1 aliphatic rings. The molecule has 0 bridgehead atoms. The fourth-order valence-corrected chi connectivity index (χ4v) is 5.93. The van der Waals surface area contributed by atoms with E-state index in [-0.39, 0.29) is 47.9 Å². The first-order valence-corrected chi connectivity index (χ1v) is 15.4. The Balaban J connectivity index is 1.69. The van der Waals surface area contributed by atoms with Crippen molar-refractivity contribution in [1.82, 2.24) is 0 Å². The van der Waals surface area contributed by atoms with E-state index in [0.717, 1.165) is 55.2 Å². The Morgan fingerprint density at radius 3 is 2.48 bits per heavy atom. The van der Waals surface area contributed by atoms with Gasteiger partial charge in [0.05, 0.1) is 18.1 Å². The largest absolute Gasteiger partial charge is 0.513 e. The third-order valence-electron chi connectivity index (χ3n) is 7.21. The maximum absolute atomic E-state index is 12.7. The van der Waals surface area contributed by atoms with Gasteiger partial charge in [-0.15, -0.1) is 0 Å². The van der Waals surface area contributed by atoms with Gasteiger partial charge < -0.3 is 14.6 Å². The van der Waals surface area contributed by atoms with Crippen LogP contribution in [0, 0.1) is 12.8 Å². The molecule has 2 aromatic rings. The molecule has 0 radical (unpaired) electrons. The highest BCUT2D eigenvalue weighted by Crippen LogP contribution is 2.47. The molecular weight excluding hydrogens is 528 g/mol. The molecule has 218 valence electrons. The zero-order chi connectivity index (χ0) is 29.3. The maximum atomic E-state index is 12.7. The van der Waals surface area contributed by atoms with Crippen LogP contribution in [0.15, 0.2) is 65.1 Å². The molecule has 2 aromatic carbocycles. The van der Waals surface area contributed by atoms with Gasteiger partial charge >= 0.3 is 6.16 Å². The van der Waals surface area contributed by atoms with Gasteiger partial charge in [-0.3, -0.25) is 4.18 Å². The Morgan fingerprint density at radius 1 is 1.07 bits per heavy atom. The summed E-state index contributed by atoms with van der Waals surface area (Å²) in [5.74, 6) is 0.288. The summed E-state index contributed by atoms with van der Waals surface area (Å²) in [5, 5.41) is 11.1. The number of phenolic OH excluding ortho intramolecular Hbond substituents is 1. The Hall–Kier alpha value is -3.10. The molecule has 0 unspecified atom stereocenters. The standard InChI is InChI=1S/C32H42O7S/c1-6-7-8-10-25-20-29(33)31(28-19-24(5)13-16-27(28)22(2)3)30(21-25)39-32(34)37-17-9-18-38-40(35,36)26-14-11-23(4)12-15-26/h11-12,14-15,19-21,27-28,33H,2,6-10,13,16-18H2,1,3-5H3/t27-,28+/m0/s1. The van der Waals surface area contributed by atoms with Crippen molar-refractivity contribution in [3.05, 3.63) is 76.9 Å². The number of hydrogen-bond acceptors (Lipinski definition) is 7. The molecule has 8 heteroatoms. The summed E-state index contributed by atoms with van der Waals surface area (Å²) in [6.07, 6.45) is 7.06. The Bertz CT molecular complexity index is 1310. The summed E-state index contributed by atoms with van der Waals surface area (Å²) in [5.41, 5.74) is 4.60. The van der Waals surface area contributed by atoms with E-state index in [1.165, 1.54) is 17.7 Å². The van der Waals surface area contributed by atoms with Gasteiger partial charge in [-0.05, 0) is 82.2 Å². The molecule has 0 amide bonds. The van der Waals surface area contributed by atoms with Crippen molar-refractivity contribution in [2.24, 2.45) is 5.92 Å². The average molecular weight is 571 g/mol. The van der Waals surface area contributed by atoms with E-state index in [9.17, 15) is 18.3 Å². The minimum atomic E-state index is -3.89. The normalized spacial score (nSPS) is 17.2. The van der Waals surface area contributed by atoms with E-state index < -0.39 is 16.3 Å². The third-order valence-corrected chi connectivity index (χ3v) is 8.54. The predicted octanol–water partition coefficient (Wildman–Crippen LogP) is 7.76. The molecule has 7 nitrogen and oxygen atoms in total. The number of phenols is 1. The first-order valence-electron chi connectivity index (χ1n) is 14.0. The van der Waals surface area contributed by atoms with Gasteiger partial charge in [-0.1, -0.05) is 61.3 Å². The molecule has 40 heavy (non-hydrogen) atoms. The third kappa shape index (κ3) is 8.70. The van der Waals surface area contributed by atoms with Crippen LogP contribution in [-0.4, -0.2) is 32.9 Å². The van der Waals surface area contributed by atoms with E-state index in [0.29, 0.717) is 5.56 Å². The Labute approximate surface area is 239 Å². The average Bonchev–Trinajstić information content (AvgIpc) is 2.88. The number of unbranched alkanes of at least 4 members (excludes halogenated alkanes) is 2. The minimum Gasteiger partial charge on any atom is -0.507 e. The lowest BCUT2D eigenvalue weighted by atomic mass is 9.73. The van der Waals surface area contributed by atoms with Crippen molar-refractivity contribution in [1.29, 1.82) is 0 Å². The summed E-state index contributed by atoms with van der Waals surface area (Å²) in [6, 6.07) is 9.96. The molecule has 1 N–H and O–H groups in total. The molecule has 3 rings (SSSR count). The van der Waals surface area contributed by atoms with Gasteiger partial charge in [0.15, 0.2) is 0 Å². The van der Waals surface area contributed by atoms with Crippen LogP contribution >= 0.6 is 0 Å². The number of rotatable bonds is 13. The van der Waals surface area contributed by atoms with Crippen molar-refractivity contribution in [3.63, 3.8) is 0 Å². The zero-order valence-electron chi connectivity index (χ0n) is 24.1. The topological polar surface area (TPSA) is 99.1 Å². The Kier molecular flexibility index (Phi) is 11.4. The first kappa shape index (κ1) is 31.4. The van der Waals surface area contributed by atoms with Crippen LogP contribution in [0.3, 0.4) is 0 Å². The Morgan fingerprint density at radius 2 is 1.80 bits per heavy atom. The lowest BCUT2D eigenvalue weighted by Gasteiger charge is -2.32. The van der Waals surface area contributed by atoms with Gasteiger partial charge in [-0.25, -0.2) is 4.79 Å². The van der Waals surface area contributed by atoms with Crippen LogP contribution in [0.2, 0.25) is 0 Å². The highest BCUT2D eigenvalue weighted by atomic mass is 32.2. The minimum absolute atomic E-state index is 0.0737. The molecule has 2 atom stereocenters. The summed E-state index contributed by atoms with van der Waals surface area (Å²) < 4.78 is 40.7. The van der Waals surface area contributed by atoms with Crippen molar-refractivity contribution >= 4 is 16.3 Å². The number of aromatic hydroxyl groups is 1. The molecule has 0 saturated heterocycles. The number of aryl methyl sites for hydroxylation is 2. The number of carbonyl (C=O) groups is 1. The van der Waals surface area contributed by atoms with Crippen LogP contribution in [0.25, 0.3) is 0 Å². The second-order valence-corrected chi connectivity index (χ2v) is 12.3. The maximum Gasteiger partial charge on any atom is 0.513 e. The van der Waals surface area contributed by atoms with Crippen molar-refractivity contribution in [2.45, 2.75) is 83.5 Å². The number of carbonyl (C=O) groups excluding carboxylic acids is 1. The molecule has 1 aliphatic carbocycles. The van der Waals surface area contributed by atoms with Crippen molar-refractivity contribution < 1.29 is 32.0 Å². The van der Waals surface area contributed by atoms with Gasteiger partial charge in [0.25, 0.3) is 10.1 Å². The quantitative estimate of drug-likeness (QED) is 0.0864. The SMILES string of the molecule is C=C(C)[C@@H]1CCC(C)=C[C@H]1c1c(O)cc(CCCCC)cc1OC(=O)OCCCOS(=O)(=O)c1ccc(C)cc1. The van der Waals surface area contributed by atoms with Crippen LogP contribution in [0.4, 0.5) is 4.79 Å². The highest BCUT2D eigenvalue weighted by molar-refractivity contribution is 7.86. The van der Waals surface area contributed by atoms with Gasteiger partial charge in [-0.2, -0.15) is 8.42 Å². The smallest absolute Gasteiger partial charge is 0.507 e. The van der Waals surface area contributed by atoms with Gasteiger partial charge in [0, 0.05) is 17.9 Å². The number of allylic oxidation sites excluding steroid dienone is 3. The fourth-order valence-electron chi connectivity index (χ4n) is 4.99. The molecule has 0 heterocycles. The lowest BCUT2D eigenvalue weighted by Crippen LogP contribution is -2.20. The van der Waals surface area contributed by atoms with E-state index in [2.05, 4.69) is 26.5 Å². The highest BCUT2D eigenvalue weighted by Gasteiger charge is 2.31. The summed E-state index contributed by atoms with van der Waals surface area (Å²) in [7, 11) is -3.89. The number of benzene rings is 2. The lowest BCUT2D eigenvalue weighted by molar-refractivity contribution is 0.0935. The first-order chi connectivity index (χ1) is 19.0. The van der Waals surface area contributed by atoms with E-state index in [1.807, 2.05) is 19.9 Å².